The Hall–Kier alpha value is -2.89. The fourth-order valence-corrected chi connectivity index (χ4v) is 5.04. The first-order chi connectivity index (χ1) is 16.5. The molecule has 0 fully saturated rings. The fraction of sp³-hybridized carbons (Fsp3) is 0.217. The predicted molar refractivity (Wildman–Crippen MR) is 139 cm³/mol. The van der Waals surface area contributed by atoms with E-state index in [2.05, 4.69) is 36.4 Å². The fourth-order valence-electron chi connectivity index (χ4n) is 3.24. The van der Waals surface area contributed by atoms with Crippen LogP contribution >= 0.6 is 39.0 Å². The number of nitrogens with one attached hydrogen (secondary N) is 1. The van der Waals surface area contributed by atoms with E-state index >= 15 is 0 Å². The number of methoxy groups -OCH3 is 2. The second-order valence-electron chi connectivity index (χ2n) is 7.00. The van der Waals surface area contributed by atoms with Crippen molar-refractivity contribution in [1.82, 2.24) is 19.7 Å². The molecular weight excluding hydrogens is 538 g/mol. The molecule has 2 heterocycles. The van der Waals surface area contributed by atoms with E-state index < -0.39 is 0 Å². The van der Waals surface area contributed by atoms with Gasteiger partial charge in [0.15, 0.2) is 27.6 Å². The SMILES string of the molecule is CCn1c(SCC(=O)Nc2nc(-c3ccc(Br)cc3)cs2)nnc1-c1ccc(OC)c(OC)c1. The highest BCUT2D eigenvalue weighted by atomic mass is 79.9. The van der Waals surface area contributed by atoms with Crippen LogP contribution in [-0.2, 0) is 11.3 Å². The van der Waals surface area contributed by atoms with E-state index in [0.717, 1.165) is 21.3 Å². The molecule has 11 heteroatoms. The van der Waals surface area contributed by atoms with Gasteiger partial charge in [0.25, 0.3) is 0 Å². The zero-order valence-corrected chi connectivity index (χ0v) is 22.0. The lowest BCUT2D eigenvalue weighted by molar-refractivity contribution is -0.113. The first kappa shape index (κ1) is 24.2. The van der Waals surface area contributed by atoms with Gasteiger partial charge in [0.05, 0.1) is 25.7 Å². The van der Waals surface area contributed by atoms with Gasteiger partial charge in [-0.05, 0) is 37.3 Å². The number of carbonyl (C=O) groups excluding carboxylic acids is 1. The molecule has 0 bridgehead atoms. The van der Waals surface area contributed by atoms with E-state index in [1.807, 2.05) is 59.3 Å². The van der Waals surface area contributed by atoms with Crippen LogP contribution in [0.25, 0.3) is 22.6 Å². The summed E-state index contributed by atoms with van der Waals surface area (Å²) in [5, 5.41) is 14.7. The Morgan fingerprint density at radius 3 is 2.53 bits per heavy atom. The van der Waals surface area contributed by atoms with Crippen molar-refractivity contribution in [3.05, 3.63) is 52.3 Å². The molecule has 2 aromatic carbocycles. The van der Waals surface area contributed by atoms with E-state index in [0.29, 0.717) is 34.2 Å². The maximum absolute atomic E-state index is 12.5. The van der Waals surface area contributed by atoms with Crippen LogP contribution in [0.5, 0.6) is 11.5 Å². The summed E-state index contributed by atoms with van der Waals surface area (Å²) < 4.78 is 13.7. The highest BCUT2D eigenvalue weighted by Gasteiger charge is 2.17. The van der Waals surface area contributed by atoms with Crippen molar-refractivity contribution in [2.45, 2.75) is 18.6 Å². The van der Waals surface area contributed by atoms with Gasteiger partial charge in [-0.15, -0.1) is 21.5 Å². The topological polar surface area (TPSA) is 91.2 Å². The first-order valence-electron chi connectivity index (χ1n) is 10.3. The Bertz CT molecular complexity index is 1290. The summed E-state index contributed by atoms with van der Waals surface area (Å²) in [5.74, 6) is 2.00. The molecule has 0 aliphatic carbocycles. The molecular formula is C23H22BrN5O3S2. The molecule has 0 radical (unpaired) electrons. The van der Waals surface area contributed by atoms with E-state index in [1.54, 1.807) is 14.2 Å². The molecule has 1 N–H and O–H groups in total. The van der Waals surface area contributed by atoms with E-state index in [4.69, 9.17) is 9.47 Å². The summed E-state index contributed by atoms with van der Waals surface area (Å²) in [5.41, 5.74) is 2.67. The number of rotatable bonds is 9. The zero-order valence-electron chi connectivity index (χ0n) is 18.7. The van der Waals surface area contributed by atoms with Crippen LogP contribution in [0.2, 0.25) is 0 Å². The van der Waals surface area contributed by atoms with Crippen molar-refractivity contribution >= 4 is 50.1 Å². The average molecular weight is 560 g/mol. The van der Waals surface area contributed by atoms with Gasteiger partial charge in [-0.2, -0.15) is 0 Å². The molecule has 0 atom stereocenters. The quantitative estimate of drug-likeness (QED) is 0.267. The van der Waals surface area contributed by atoms with Crippen molar-refractivity contribution < 1.29 is 14.3 Å². The van der Waals surface area contributed by atoms with Crippen molar-refractivity contribution in [3.8, 4) is 34.1 Å². The summed E-state index contributed by atoms with van der Waals surface area (Å²) in [7, 11) is 3.19. The van der Waals surface area contributed by atoms with Gasteiger partial charge in [-0.3, -0.25) is 4.79 Å². The average Bonchev–Trinajstić information content (AvgIpc) is 3.49. The summed E-state index contributed by atoms with van der Waals surface area (Å²) >= 11 is 6.16. The molecule has 0 spiro atoms. The molecule has 0 aliphatic heterocycles. The number of anilines is 1. The highest BCUT2D eigenvalue weighted by molar-refractivity contribution is 9.10. The van der Waals surface area contributed by atoms with Gasteiger partial charge in [-0.25, -0.2) is 4.98 Å². The standard InChI is InChI=1S/C23H22BrN5O3S2/c1-4-29-21(15-7-10-18(31-2)19(11-15)32-3)27-28-23(29)34-13-20(30)26-22-25-17(12-33-22)14-5-8-16(24)9-6-14/h5-12H,4,13H2,1-3H3,(H,25,26,30). The van der Waals surface area contributed by atoms with E-state index in [1.165, 1.54) is 23.1 Å². The highest BCUT2D eigenvalue weighted by Crippen LogP contribution is 2.33. The number of aromatic nitrogens is 4. The van der Waals surface area contributed by atoms with Crippen molar-refractivity contribution in [1.29, 1.82) is 0 Å². The lowest BCUT2D eigenvalue weighted by Gasteiger charge is -2.10. The number of amides is 1. The maximum Gasteiger partial charge on any atom is 0.236 e. The van der Waals surface area contributed by atoms with Gasteiger partial charge in [0.1, 0.15) is 0 Å². The Morgan fingerprint density at radius 2 is 1.82 bits per heavy atom. The Labute approximate surface area is 213 Å². The second-order valence-corrected chi connectivity index (χ2v) is 9.72. The number of ether oxygens (including phenoxy) is 2. The van der Waals surface area contributed by atoms with Crippen LogP contribution in [0.4, 0.5) is 5.13 Å². The summed E-state index contributed by atoms with van der Waals surface area (Å²) in [4.78, 5) is 17.1. The molecule has 4 aromatic rings. The van der Waals surface area contributed by atoms with Gasteiger partial charge < -0.3 is 19.4 Å². The molecule has 0 saturated heterocycles. The normalized spacial score (nSPS) is 10.8. The van der Waals surface area contributed by atoms with Crippen molar-refractivity contribution in [2.75, 3.05) is 25.3 Å². The summed E-state index contributed by atoms with van der Waals surface area (Å²) in [6, 6.07) is 13.5. The Kier molecular flexibility index (Phi) is 7.86. The number of hydrogen-bond acceptors (Lipinski definition) is 8. The van der Waals surface area contributed by atoms with Crippen LogP contribution in [0.1, 0.15) is 6.92 Å². The predicted octanol–water partition coefficient (Wildman–Crippen LogP) is 5.60. The maximum atomic E-state index is 12.5. The molecule has 4 rings (SSSR count). The van der Waals surface area contributed by atoms with E-state index in [9.17, 15) is 4.79 Å². The van der Waals surface area contributed by atoms with Crippen LogP contribution in [0.15, 0.2) is 57.5 Å². The third kappa shape index (κ3) is 5.43. The zero-order chi connectivity index (χ0) is 24.1. The van der Waals surface area contributed by atoms with Crippen LogP contribution in [0, 0.1) is 0 Å². The number of thiazole rings is 1. The number of benzene rings is 2. The minimum atomic E-state index is -0.153. The molecule has 34 heavy (non-hydrogen) atoms. The number of nitrogens with zero attached hydrogens (tertiary/aromatic N) is 4. The van der Waals surface area contributed by atoms with Gasteiger partial charge in [0, 0.05) is 27.5 Å². The lowest BCUT2D eigenvalue weighted by atomic mass is 10.2. The van der Waals surface area contributed by atoms with E-state index in [-0.39, 0.29) is 11.7 Å². The van der Waals surface area contributed by atoms with Crippen LogP contribution in [0.3, 0.4) is 0 Å². The van der Waals surface area contributed by atoms with Gasteiger partial charge >= 0.3 is 0 Å². The minimum absolute atomic E-state index is 0.153. The molecule has 8 nitrogen and oxygen atoms in total. The monoisotopic (exact) mass is 559 g/mol. The minimum Gasteiger partial charge on any atom is -0.493 e. The number of halogens is 1. The third-order valence-corrected chi connectivity index (χ3v) is 7.15. The number of thioether (sulfide) groups is 1. The Morgan fingerprint density at radius 1 is 1.09 bits per heavy atom. The largest absolute Gasteiger partial charge is 0.493 e. The third-order valence-electron chi connectivity index (χ3n) is 4.90. The lowest BCUT2D eigenvalue weighted by Crippen LogP contribution is -2.14. The molecule has 176 valence electrons. The van der Waals surface area contributed by atoms with Crippen molar-refractivity contribution in [2.24, 2.45) is 0 Å². The van der Waals surface area contributed by atoms with Gasteiger partial charge in [0.2, 0.25) is 5.91 Å². The smallest absolute Gasteiger partial charge is 0.236 e. The van der Waals surface area contributed by atoms with Crippen LogP contribution < -0.4 is 14.8 Å². The molecule has 2 aromatic heterocycles. The first-order valence-corrected chi connectivity index (χ1v) is 13.0. The molecule has 0 unspecified atom stereocenters. The molecule has 1 amide bonds. The van der Waals surface area contributed by atoms with Crippen LogP contribution in [-0.4, -0.2) is 45.6 Å². The summed E-state index contributed by atoms with van der Waals surface area (Å²) in [6.45, 7) is 2.67. The Balaban J connectivity index is 1.42. The number of hydrogen-bond donors (Lipinski definition) is 1. The second kappa shape index (κ2) is 11.0. The van der Waals surface area contributed by atoms with Crippen molar-refractivity contribution in [3.63, 3.8) is 0 Å². The number of carbonyl (C=O) groups is 1. The van der Waals surface area contributed by atoms with Gasteiger partial charge in [-0.1, -0.05) is 39.8 Å². The summed E-state index contributed by atoms with van der Waals surface area (Å²) in [6.07, 6.45) is 0. The molecule has 0 saturated carbocycles. The molecule has 0 aliphatic rings.